The van der Waals surface area contributed by atoms with Crippen molar-refractivity contribution in [1.82, 2.24) is 19.9 Å². The molecule has 0 bridgehead atoms. The number of aromatic nitrogens is 3. The normalized spacial score (nSPS) is 15.0. The minimum Gasteiger partial charge on any atom is -0.347 e. The molecule has 30 heavy (non-hydrogen) atoms. The van der Waals surface area contributed by atoms with Crippen LogP contribution in [0.5, 0.6) is 0 Å². The Labute approximate surface area is 173 Å². The molecule has 6 nitrogen and oxygen atoms in total. The molecule has 0 radical (unpaired) electrons. The van der Waals surface area contributed by atoms with E-state index < -0.39 is 0 Å². The van der Waals surface area contributed by atoms with Gasteiger partial charge in [-0.3, -0.25) is 14.7 Å². The zero-order valence-electron chi connectivity index (χ0n) is 16.7. The van der Waals surface area contributed by atoms with Crippen LogP contribution < -0.4 is 10.7 Å². The van der Waals surface area contributed by atoms with Crippen molar-refractivity contribution in [2.24, 2.45) is 0 Å². The standard InChI is InChI=1S/C24H22N4O2/c1-16(29)27-24(13-5-14-24)19-10-8-17(9-11-19)21-22(18-6-3-2-4-7-18)28-23(26-21)20(30)12-15-25-28/h2-4,6-12,15,25H,5,13-14H2,1H3,(H,27,29). The topological polar surface area (TPSA) is 79.3 Å². The number of carbonyl (C=O) groups excluding carboxylic acids is 1. The third kappa shape index (κ3) is 2.92. The molecule has 0 unspecified atom stereocenters. The molecule has 1 aliphatic rings. The molecule has 6 heteroatoms. The molecule has 1 amide bonds. The van der Waals surface area contributed by atoms with Crippen molar-refractivity contribution >= 4 is 11.6 Å². The first-order chi connectivity index (χ1) is 14.6. The molecule has 1 fully saturated rings. The number of H-pyrrole nitrogens is 1. The minimum absolute atomic E-state index is 0.0102. The number of hydrogen-bond acceptors (Lipinski definition) is 3. The van der Waals surface area contributed by atoms with Gasteiger partial charge in [-0.25, -0.2) is 9.50 Å². The fourth-order valence-electron chi connectivity index (χ4n) is 4.34. The first kappa shape index (κ1) is 18.4. The predicted molar refractivity (Wildman–Crippen MR) is 116 cm³/mol. The maximum atomic E-state index is 12.4. The molecular formula is C24H22N4O2. The van der Waals surface area contributed by atoms with Crippen LogP contribution in [0, 0.1) is 0 Å². The van der Waals surface area contributed by atoms with E-state index in [0.717, 1.165) is 47.3 Å². The second-order valence-corrected chi connectivity index (χ2v) is 7.85. The number of benzene rings is 2. The summed E-state index contributed by atoms with van der Waals surface area (Å²) in [6.07, 6.45) is 4.63. The van der Waals surface area contributed by atoms with Gasteiger partial charge in [-0.2, -0.15) is 0 Å². The number of imidazole rings is 1. The number of amides is 1. The monoisotopic (exact) mass is 398 g/mol. The SMILES string of the molecule is CC(=O)NC1(c2ccc(-c3nc4c(=O)cc[nH]n4c3-c3ccccc3)cc2)CCC1. The quantitative estimate of drug-likeness (QED) is 0.548. The molecular weight excluding hydrogens is 376 g/mol. The van der Waals surface area contributed by atoms with Gasteiger partial charge in [-0.1, -0.05) is 54.6 Å². The summed E-state index contributed by atoms with van der Waals surface area (Å²) in [4.78, 5) is 28.8. The predicted octanol–water partition coefficient (Wildman–Crippen LogP) is 3.87. The Morgan fingerprint density at radius 3 is 2.40 bits per heavy atom. The van der Waals surface area contributed by atoms with E-state index in [1.54, 1.807) is 17.6 Å². The van der Waals surface area contributed by atoms with Gasteiger partial charge >= 0.3 is 0 Å². The number of nitrogens with zero attached hydrogens (tertiary/aromatic N) is 2. The number of aromatic amines is 1. The molecule has 0 aliphatic heterocycles. The summed E-state index contributed by atoms with van der Waals surface area (Å²) in [7, 11) is 0. The van der Waals surface area contributed by atoms with E-state index in [1.165, 1.54) is 6.07 Å². The second-order valence-electron chi connectivity index (χ2n) is 7.85. The van der Waals surface area contributed by atoms with Crippen LogP contribution in [-0.2, 0) is 10.3 Å². The minimum atomic E-state index is -0.262. The molecule has 4 aromatic rings. The van der Waals surface area contributed by atoms with E-state index in [9.17, 15) is 9.59 Å². The van der Waals surface area contributed by atoms with Gasteiger partial charge < -0.3 is 5.32 Å². The van der Waals surface area contributed by atoms with Crippen molar-refractivity contribution in [2.75, 3.05) is 0 Å². The van der Waals surface area contributed by atoms with Crippen LogP contribution in [-0.4, -0.2) is 20.5 Å². The lowest BCUT2D eigenvalue weighted by molar-refractivity contribution is -0.122. The summed E-state index contributed by atoms with van der Waals surface area (Å²) in [6.45, 7) is 1.56. The van der Waals surface area contributed by atoms with E-state index in [4.69, 9.17) is 0 Å². The van der Waals surface area contributed by atoms with E-state index in [-0.39, 0.29) is 16.9 Å². The number of rotatable bonds is 4. The van der Waals surface area contributed by atoms with E-state index in [1.807, 2.05) is 42.5 Å². The first-order valence-electron chi connectivity index (χ1n) is 10.1. The van der Waals surface area contributed by atoms with Crippen molar-refractivity contribution in [2.45, 2.75) is 31.7 Å². The fourth-order valence-corrected chi connectivity index (χ4v) is 4.34. The smallest absolute Gasteiger partial charge is 0.224 e. The molecule has 150 valence electrons. The highest BCUT2D eigenvalue weighted by molar-refractivity contribution is 5.81. The largest absolute Gasteiger partial charge is 0.347 e. The van der Waals surface area contributed by atoms with Crippen molar-refractivity contribution in [3.63, 3.8) is 0 Å². The Hall–Kier alpha value is -3.67. The zero-order valence-corrected chi connectivity index (χ0v) is 16.7. The number of nitrogens with one attached hydrogen (secondary N) is 2. The van der Waals surface area contributed by atoms with Crippen LogP contribution in [0.25, 0.3) is 28.2 Å². The number of fused-ring (bicyclic) bond motifs is 1. The summed E-state index contributed by atoms with van der Waals surface area (Å²) < 4.78 is 1.74. The Morgan fingerprint density at radius 1 is 1.03 bits per heavy atom. The van der Waals surface area contributed by atoms with Crippen LogP contribution in [0.15, 0.2) is 71.7 Å². The first-order valence-corrected chi connectivity index (χ1v) is 10.1. The molecule has 2 aromatic heterocycles. The van der Waals surface area contributed by atoms with Crippen LogP contribution in [0.3, 0.4) is 0 Å². The average Bonchev–Trinajstić information content (AvgIpc) is 3.12. The van der Waals surface area contributed by atoms with Gasteiger partial charge in [0.25, 0.3) is 0 Å². The van der Waals surface area contributed by atoms with Crippen LogP contribution in [0.1, 0.15) is 31.7 Å². The fraction of sp³-hybridized carbons (Fsp3) is 0.208. The van der Waals surface area contributed by atoms with Gasteiger partial charge in [0.2, 0.25) is 17.0 Å². The van der Waals surface area contributed by atoms with E-state index in [0.29, 0.717) is 5.65 Å². The lowest BCUT2D eigenvalue weighted by Gasteiger charge is -2.43. The summed E-state index contributed by atoms with van der Waals surface area (Å²) in [6, 6.07) is 19.6. The molecule has 0 spiro atoms. The van der Waals surface area contributed by atoms with Gasteiger partial charge in [0, 0.05) is 30.3 Å². The molecule has 5 rings (SSSR count). The van der Waals surface area contributed by atoms with Gasteiger partial charge in [0.15, 0.2) is 0 Å². The van der Waals surface area contributed by atoms with Gasteiger partial charge in [-0.15, -0.1) is 0 Å². The highest BCUT2D eigenvalue weighted by Crippen LogP contribution is 2.42. The summed E-state index contributed by atoms with van der Waals surface area (Å²) >= 11 is 0. The maximum absolute atomic E-state index is 12.4. The van der Waals surface area contributed by atoms with E-state index in [2.05, 4.69) is 27.5 Å². The van der Waals surface area contributed by atoms with Gasteiger partial charge in [0.1, 0.15) is 0 Å². The lowest BCUT2D eigenvalue weighted by atomic mass is 9.71. The third-order valence-electron chi connectivity index (χ3n) is 5.92. The van der Waals surface area contributed by atoms with E-state index >= 15 is 0 Å². The lowest BCUT2D eigenvalue weighted by Crippen LogP contribution is -2.50. The van der Waals surface area contributed by atoms with Crippen molar-refractivity contribution in [3.8, 4) is 22.5 Å². The van der Waals surface area contributed by atoms with Crippen molar-refractivity contribution in [3.05, 3.63) is 82.6 Å². The second kappa shape index (κ2) is 6.99. The Morgan fingerprint density at radius 2 is 1.77 bits per heavy atom. The van der Waals surface area contributed by atoms with Crippen molar-refractivity contribution in [1.29, 1.82) is 0 Å². The molecule has 2 N–H and O–H groups in total. The van der Waals surface area contributed by atoms with Crippen LogP contribution >= 0.6 is 0 Å². The van der Waals surface area contributed by atoms with Gasteiger partial charge in [0.05, 0.1) is 16.9 Å². The molecule has 2 heterocycles. The van der Waals surface area contributed by atoms with Gasteiger partial charge in [-0.05, 0) is 24.8 Å². The summed E-state index contributed by atoms with van der Waals surface area (Å²) in [5.41, 5.74) is 4.56. The number of hydrogen-bond donors (Lipinski definition) is 2. The van der Waals surface area contributed by atoms with Crippen LogP contribution in [0.4, 0.5) is 0 Å². The zero-order chi connectivity index (χ0) is 20.7. The molecule has 1 saturated carbocycles. The van der Waals surface area contributed by atoms with Crippen molar-refractivity contribution < 1.29 is 4.79 Å². The highest BCUT2D eigenvalue weighted by atomic mass is 16.1. The summed E-state index contributed by atoms with van der Waals surface area (Å²) in [5, 5.41) is 6.26. The Bertz CT molecular complexity index is 1280. The molecule has 0 atom stereocenters. The summed E-state index contributed by atoms with van der Waals surface area (Å²) in [5.74, 6) is -0.0102. The molecule has 2 aromatic carbocycles. The average molecular weight is 398 g/mol. The highest BCUT2D eigenvalue weighted by Gasteiger charge is 2.39. The van der Waals surface area contributed by atoms with Crippen LogP contribution in [0.2, 0.25) is 0 Å². The Balaban J connectivity index is 1.64. The molecule has 0 saturated heterocycles. The number of carbonyl (C=O) groups is 1. The third-order valence-corrected chi connectivity index (χ3v) is 5.92. The Kier molecular flexibility index (Phi) is 4.28. The molecule has 1 aliphatic carbocycles. The maximum Gasteiger partial charge on any atom is 0.224 e.